The van der Waals surface area contributed by atoms with Gasteiger partial charge in [-0.15, -0.1) is 0 Å². The van der Waals surface area contributed by atoms with E-state index in [-0.39, 0.29) is 30.9 Å². The molecule has 0 bridgehead atoms. The van der Waals surface area contributed by atoms with Gasteiger partial charge in [0.1, 0.15) is 0 Å². The number of hydrogen-bond acceptors (Lipinski definition) is 5. The number of hydrogen-bond donors (Lipinski definition) is 5. The number of rotatable bonds is 7. The number of benzene rings is 1. The topological polar surface area (TPSA) is 145 Å². The summed E-state index contributed by atoms with van der Waals surface area (Å²) < 4.78 is 5.46. The van der Waals surface area contributed by atoms with Gasteiger partial charge in [-0.1, -0.05) is 0 Å². The second-order valence-electron chi connectivity index (χ2n) is 7.11. The fourth-order valence-electron chi connectivity index (χ4n) is 3.21. The van der Waals surface area contributed by atoms with Crippen molar-refractivity contribution < 1.29 is 14.3 Å². The first-order valence-electron chi connectivity index (χ1n) is 9.79. The molecule has 5 N–H and O–H groups in total. The number of carbonyl (C=O) groups is 2. The van der Waals surface area contributed by atoms with Crippen molar-refractivity contribution in [3.8, 4) is 0 Å². The molecular weight excluding hydrogens is 390 g/mol. The maximum atomic E-state index is 12.2. The zero-order valence-electron chi connectivity index (χ0n) is 16.7. The maximum Gasteiger partial charge on any atom is 0.325 e. The number of aromatic amines is 2. The van der Waals surface area contributed by atoms with Crippen LogP contribution in [0.15, 0.2) is 33.9 Å². The molecule has 160 valence electrons. The van der Waals surface area contributed by atoms with E-state index in [4.69, 9.17) is 4.74 Å². The molecule has 1 atom stereocenters. The van der Waals surface area contributed by atoms with Gasteiger partial charge in [0.2, 0.25) is 5.91 Å². The second kappa shape index (κ2) is 9.88. The predicted molar refractivity (Wildman–Crippen MR) is 112 cm³/mol. The third-order valence-corrected chi connectivity index (χ3v) is 4.80. The Morgan fingerprint density at radius 3 is 2.43 bits per heavy atom. The molecule has 3 rings (SSSR count). The Labute approximate surface area is 172 Å². The minimum atomic E-state index is -0.569. The van der Waals surface area contributed by atoms with Crippen LogP contribution in [0.1, 0.15) is 30.5 Å². The molecule has 1 aromatic heterocycles. The minimum absolute atomic E-state index is 0.0730. The molecule has 0 saturated carbocycles. The van der Waals surface area contributed by atoms with E-state index in [0.29, 0.717) is 29.2 Å². The normalized spacial score (nSPS) is 15.6. The van der Waals surface area contributed by atoms with E-state index in [9.17, 15) is 19.2 Å². The van der Waals surface area contributed by atoms with Crippen LogP contribution in [0.5, 0.6) is 0 Å². The van der Waals surface area contributed by atoms with Crippen LogP contribution in [0.4, 0.5) is 16.2 Å². The fraction of sp³-hybridized carbons (Fsp3) is 0.400. The van der Waals surface area contributed by atoms with E-state index < -0.39 is 11.2 Å². The van der Waals surface area contributed by atoms with Crippen LogP contribution < -0.4 is 27.2 Å². The van der Waals surface area contributed by atoms with Crippen LogP contribution in [0.2, 0.25) is 0 Å². The smallest absolute Gasteiger partial charge is 0.325 e. The molecule has 0 spiro atoms. The highest BCUT2D eigenvalue weighted by Gasteiger charge is 2.16. The first-order valence-corrected chi connectivity index (χ1v) is 9.79. The van der Waals surface area contributed by atoms with Crippen molar-refractivity contribution in [2.45, 2.75) is 38.7 Å². The first-order chi connectivity index (χ1) is 14.4. The number of aryl methyl sites for hydroxylation is 1. The Morgan fingerprint density at radius 2 is 1.80 bits per heavy atom. The number of amides is 3. The number of nitrogens with one attached hydrogen (secondary N) is 5. The molecule has 1 unspecified atom stereocenters. The number of ether oxygens (including phenoxy) is 1. The molecule has 1 aliphatic heterocycles. The van der Waals surface area contributed by atoms with Crippen molar-refractivity contribution in [1.29, 1.82) is 0 Å². The Hall–Kier alpha value is -3.40. The van der Waals surface area contributed by atoms with Gasteiger partial charge in [0.25, 0.3) is 5.56 Å². The quantitative estimate of drug-likeness (QED) is 0.462. The first kappa shape index (κ1) is 21.3. The molecule has 2 aromatic rings. The summed E-state index contributed by atoms with van der Waals surface area (Å²) in [6, 6.07) is 6.39. The van der Waals surface area contributed by atoms with E-state index in [2.05, 4.69) is 25.9 Å². The molecule has 1 saturated heterocycles. The van der Waals surface area contributed by atoms with Gasteiger partial charge >= 0.3 is 11.7 Å². The van der Waals surface area contributed by atoms with Crippen LogP contribution in [-0.4, -0.2) is 41.2 Å². The number of carbonyl (C=O) groups excluding carboxylic acids is 2. The second-order valence-corrected chi connectivity index (χ2v) is 7.11. The van der Waals surface area contributed by atoms with E-state index in [1.54, 1.807) is 31.2 Å². The largest absolute Gasteiger partial charge is 0.376 e. The van der Waals surface area contributed by atoms with Crippen molar-refractivity contribution in [1.82, 2.24) is 15.3 Å². The summed E-state index contributed by atoms with van der Waals surface area (Å²) >= 11 is 0. The monoisotopic (exact) mass is 415 g/mol. The van der Waals surface area contributed by atoms with Gasteiger partial charge in [0.05, 0.1) is 6.10 Å². The van der Waals surface area contributed by atoms with Gasteiger partial charge in [-0.2, -0.15) is 0 Å². The van der Waals surface area contributed by atoms with E-state index in [1.807, 2.05) is 0 Å². The highest BCUT2D eigenvalue weighted by molar-refractivity contribution is 5.92. The van der Waals surface area contributed by atoms with Gasteiger partial charge in [0, 0.05) is 42.2 Å². The SMILES string of the molecule is Cc1[nH]c(=O)[nH]c(=O)c1CCC(=O)Nc1ccc(NC(=O)NCC2CCCO2)cc1. The third-order valence-electron chi connectivity index (χ3n) is 4.80. The molecule has 3 amide bonds. The molecular formula is C20H25N5O5. The average Bonchev–Trinajstić information content (AvgIpc) is 3.21. The van der Waals surface area contributed by atoms with Gasteiger partial charge in [0.15, 0.2) is 0 Å². The summed E-state index contributed by atoms with van der Waals surface area (Å²) in [7, 11) is 0. The van der Waals surface area contributed by atoms with Crippen LogP contribution in [0.25, 0.3) is 0 Å². The molecule has 10 heteroatoms. The molecule has 1 aromatic carbocycles. The minimum Gasteiger partial charge on any atom is -0.376 e. The van der Waals surface area contributed by atoms with Crippen molar-refractivity contribution in [3.05, 3.63) is 56.4 Å². The summed E-state index contributed by atoms with van der Waals surface area (Å²) in [5.74, 6) is -0.269. The van der Waals surface area contributed by atoms with Crippen molar-refractivity contribution >= 4 is 23.3 Å². The van der Waals surface area contributed by atoms with Crippen LogP contribution in [0, 0.1) is 6.92 Å². The van der Waals surface area contributed by atoms with Crippen LogP contribution >= 0.6 is 0 Å². The number of aromatic nitrogens is 2. The molecule has 2 heterocycles. The Bertz CT molecular complexity index is 1010. The average molecular weight is 415 g/mol. The van der Waals surface area contributed by atoms with Gasteiger partial charge < -0.3 is 25.7 Å². The summed E-state index contributed by atoms with van der Waals surface area (Å²) in [5.41, 5.74) is 0.922. The van der Waals surface area contributed by atoms with Crippen molar-refractivity contribution in [2.75, 3.05) is 23.8 Å². The lowest BCUT2D eigenvalue weighted by atomic mass is 10.1. The maximum absolute atomic E-state index is 12.2. The number of urea groups is 1. The van der Waals surface area contributed by atoms with Gasteiger partial charge in [-0.25, -0.2) is 9.59 Å². The summed E-state index contributed by atoms with van der Waals surface area (Å²) in [5, 5.41) is 8.23. The lowest BCUT2D eigenvalue weighted by molar-refractivity contribution is -0.116. The molecule has 1 aliphatic rings. The predicted octanol–water partition coefficient (Wildman–Crippen LogP) is 1.24. The molecule has 0 aliphatic carbocycles. The van der Waals surface area contributed by atoms with Crippen LogP contribution in [-0.2, 0) is 16.0 Å². The van der Waals surface area contributed by atoms with Crippen molar-refractivity contribution in [2.24, 2.45) is 0 Å². The van der Waals surface area contributed by atoms with Crippen molar-refractivity contribution in [3.63, 3.8) is 0 Å². The third kappa shape index (κ3) is 6.05. The van der Waals surface area contributed by atoms with Gasteiger partial charge in [-0.05, 0) is 50.5 Å². The molecule has 0 radical (unpaired) electrons. The van der Waals surface area contributed by atoms with E-state index in [1.165, 1.54) is 0 Å². The Balaban J connectivity index is 1.45. The Morgan fingerprint density at radius 1 is 1.10 bits per heavy atom. The standard InChI is InChI=1S/C20H25N5O5/c1-12-16(18(27)25-20(29)22-12)8-9-17(26)23-13-4-6-14(7-5-13)24-19(28)21-11-15-3-2-10-30-15/h4-7,15H,2-3,8-11H2,1H3,(H,23,26)(H2,21,24,28)(H2,22,25,27,29). The number of anilines is 2. The molecule has 10 nitrogen and oxygen atoms in total. The summed E-state index contributed by atoms with van der Waals surface area (Å²) in [6.07, 6.45) is 2.33. The van der Waals surface area contributed by atoms with Gasteiger partial charge in [-0.3, -0.25) is 14.6 Å². The van der Waals surface area contributed by atoms with Crippen LogP contribution in [0.3, 0.4) is 0 Å². The van der Waals surface area contributed by atoms with E-state index >= 15 is 0 Å². The van der Waals surface area contributed by atoms with E-state index in [0.717, 1.165) is 19.4 Å². The lowest BCUT2D eigenvalue weighted by Crippen LogP contribution is -2.35. The lowest BCUT2D eigenvalue weighted by Gasteiger charge is -2.12. The molecule has 30 heavy (non-hydrogen) atoms. The molecule has 1 fully saturated rings. The highest BCUT2D eigenvalue weighted by Crippen LogP contribution is 2.14. The summed E-state index contributed by atoms with van der Waals surface area (Å²) in [6.45, 7) is 2.83. The Kier molecular flexibility index (Phi) is 7.02. The number of H-pyrrole nitrogens is 2. The zero-order chi connectivity index (χ0) is 21.5. The highest BCUT2D eigenvalue weighted by atomic mass is 16.5. The zero-order valence-corrected chi connectivity index (χ0v) is 16.7. The fourth-order valence-corrected chi connectivity index (χ4v) is 3.21. The summed E-state index contributed by atoms with van der Waals surface area (Å²) in [4.78, 5) is 51.8.